The first kappa shape index (κ1) is 12.5. The molecule has 19 heavy (non-hydrogen) atoms. The van der Waals surface area contributed by atoms with Crippen LogP contribution in [0.4, 0.5) is 0 Å². The molecule has 1 aromatic carbocycles. The zero-order chi connectivity index (χ0) is 13.2. The van der Waals surface area contributed by atoms with Gasteiger partial charge >= 0.3 is 5.69 Å². The molecule has 0 saturated heterocycles. The van der Waals surface area contributed by atoms with E-state index in [-0.39, 0.29) is 11.7 Å². The van der Waals surface area contributed by atoms with E-state index >= 15 is 0 Å². The van der Waals surface area contributed by atoms with E-state index in [0.29, 0.717) is 5.92 Å². The van der Waals surface area contributed by atoms with Crippen molar-refractivity contribution in [2.45, 2.75) is 44.6 Å². The van der Waals surface area contributed by atoms with Gasteiger partial charge in [0.25, 0.3) is 0 Å². The molecule has 1 aromatic heterocycles. The van der Waals surface area contributed by atoms with Crippen LogP contribution in [-0.2, 0) is 0 Å². The van der Waals surface area contributed by atoms with E-state index in [0.717, 1.165) is 16.6 Å². The maximum Gasteiger partial charge on any atom is 0.323 e. The number of fused-ring (bicyclic) bond motifs is 1. The molecule has 4 N–H and O–H groups in total. The monoisotopic (exact) mass is 259 g/mol. The minimum atomic E-state index is -0.157. The number of aromatic nitrogens is 2. The fourth-order valence-electron chi connectivity index (χ4n) is 3.20. The lowest BCUT2D eigenvalue weighted by molar-refractivity contribution is 0.382. The first-order valence-electron chi connectivity index (χ1n) is 7.21. The van der Waals surface area contributed by atoms with Gasteiger partial charge in [-0.15, -0.1) is 0 Å². The fourth-order valence-corrected chi connectivity index (χ4v) is 3.20. The highest BCUT2D eigenvalue weighted by Crippen LogP contribution is 2.32. The first-order chi connectivity index (χ1) is 9.24. The number of benzene rings is 1. The number of imidazole rings is 1. The van der Waals surface area contributed by atoms with Crippen molar-refractivity contribution in [1.29, 1.82) is 0 Å². The van der Waals surface area contributed by atoms with Crippen LogP contribution in [-0.4, -0.2) is 9.97 Å². The molecule has 1 aliphatic rings. The number of aromatic amines is 2. The van der Waals surface area contributed by atoms with Crippen LogP contribution in [0.3, 0.4) is 0 Å². The molecule has 1 fully saturated rings. The van der Waals surface area contributed by atoms with E-state index in [9.17, 15) is 4.79 Å². The molecule has 4 heteroatoms. The third-order valence-corrected chi connectivity index (χ3v) is 4.33. The van der Waals surface area contributed by atoms with Crippen LogP contribution in [0.25, 0.3) is 11.0 Å². The van der Waals surface area contributed by atoms with E-state index in [2.05, 4.69) is 9.97 Å². The Morgan fingerprint density at radius 1 is 1.05 bits per heavy atom. The molecule has 0 bridgehead atoms. The van der Waals surface area contributed by atoms with Crippen molar-refractivity contribution in [3.8, 4) is 0 Å². The van der Waals surface area contributed by atoms with Crippen LogP contribution in [0.15, 0.2) is 23.0 Å². The lowest BCUT2D eigenvalue weighted by atomic mass is 9.88. The van der Waals surface area contributed by atoms with Crippen LogP contribution < -0.4 is 11.4 Å². The van der Waals surface area contributed by atoms with Gasteiger partial charge < -0.3 is 15.7 Å². The molecule has 1 saturated carbocycles. The first-order valence-corrected chi connectivity index (χ1v) is 7.21. The average Bonchev–Trinajstić information content (AvgIpc) is 2.63. The molecular weight excluding hydrogens is 238 g/mol. The topological polar surface area (TPSA) is 74.7 Å². The van der Waals surface area contributed by atoms with Gasteiger partial charge in [-0.2, -0.15) is 0 Å². The molecule has 1 aliphatic carbocycles. The highest BCUT2D eigenvalue weighted by Gasteiger charge is 2.21. The van der Waals surface area contributed by atoms with E-state index in [1.165, 1.54) is 38.5 Å². The van der Waals surface area contributed by atoms with Crippen molar-refractivity contribution < 1.29 is 0 Å². The third kappa shape index (κ3) is 2.59. The molecule has 1 unspecified atom stereocenters. The summed E-state index contributed by atoms with van der Waals surface area (Å²) in [4.78, 5) is 16.8. The van der Waals surface area contributed by atoms with Gasteiger partial charge in [0.2, 0.25) is 0 Å². The van der Waals surface area contributed by atoms with Gasteiger partial charge in [-0.3, -0.25) is 0 Å². The highest BCUT2D eigenvalue weighted by atomic mass is 16.1. The Labute approximate surface area is 112 Å². The van der Waals surface area contributed by atoms with Crippen LogP contribution in [0.2, 0.25) is 0 Å². The normalized spacial score (nSPS) is 19.4. The van der Waals surface area contributed by atoms with Gasteiger partial charge in [0.15, 0.2) is 0 Å². The SMILES string of the molecule is NC(c1ccc2[nH]c(=O)[nH]c2c1)C1CCCCCC1. The van der Waals surface area contributed by atoms with Gasteiger partial charge in [-0.1, -0.05) is 31.7 Å². The lowest BCUT2D eigenvalue weighted by Crippen LogP contribution is -2.21. The second-order valence-corrected chi connectivity index (χ2v) is 5.66. The summed E-state index contributed by atoms with van der Waals surface area (Å²) in [5, 5.41) is 0. The minimum absolute atomic E-state index is 0.0842. The van der Waals surface area contributed by atoms with E-state index in [1.54, 1.807) is 0 Å². The number of nitrogens with one attached hydrogen (secondary N) is 2. The highest BCUT2D eigenvalue weighted by molar-refractivity contribution is 5.75. The summed E-state index contributed by atoms with van der Waals surface area (Å²) in [5.74, 6) is 0.575. The quantitative estimate of drug-likeness (QED) is 0.725. The summed E-state index contributed by atoms with van der Waals surface area (Å²) in [6.45, 7) is 0. The molecule has 1 atom stereocenters. The van der Waals surface area contributed by atoms with Gasteiger partial charge in [-0.25, -0.2) is 4.79 Å². The molecule has 102 valence electrons. The minimum Gasteiger partial charge on any atom is -0.324 e. The van der Waals surface area contributed by atoms with Crippen molar-refractivity contribution in [3.05, 3.63) is 34.2 Å². The Kier molecular flexibility index (Phi) is 3.42. The number of nitrogens with two attached hydrogens (primary N) is 1. The molecule has 0 amide bonds. The molecular formula is C15H21N3O. The number of hydrogen-bond acceptors (Lipinski definition) is 2. The van der Waals surface area contributed by atoms with Crippen molar-refractivity contribution in [2.24, 2.45) is 11.7 Å². The Hall–Kier alpha value is -1.55. The Bertz CT molecular complexity index is 605. The standard InChI is InChI=1S/C15H21N3O/c16-14(10-5-3-1-2-4-6-10)11-7-8-12-13(9-11)18-15(19)17-12/h7-10,14H,1-6,16H2,(H2,17,18,19). The Morgan fingerprint density at radius 2 is 1.74 bits per heavy atom. The number of H-pyrrole nitrogens is 2. The lowest BCUT2D eigenvalue weighted by Gasteiger charge is -2.22. The smallest absolute Gasteiger partial charge is 0.323 e. The zero-order valence-corrected chi connectivity index (χ0v) is 11.1. The van der Waals surface area contributed by atoms with Gasteiger partial charge in [0.05, 0.1) is 11.0 Å². The van der Waals surface area contributed by atoms with Crippen molar-refractivity contribution in [3.63, 3.8) is 0 Å². The van der Waals surface area contributed by atoms with E-state index < -0.39 is 0 Å². The van der Waals surface area contributed by atoms with Gasteiger partial charge in [0, 0.05) is 6.04 Å². The maximum atomic E-state index is 11.3. The molecule has 2 aromatic rings. The molecule has 0 radical (unpaired) electrons. The second-order valence-electron chi connectivity index (χ2n) is 5.66. The van der Waals surface area contributed by atoms with Crippen LogP contribution in [0.1, 0.15) is 50.1 Å². The summed E-state index contributed by atoms with van der Waals surface area (Å²) in [6.07, 6.45) is 7.72. The molecule has 0 aliphatic heterocycles. The van der Waals surface area contributed by atoms with Crippen molar-refractivity contribution in [1.82, 2.24) is 9.97 Å². The summed E-state index contributed by atoms with van der Waals surface area (Å²) in [7, 11) is 0. The van der Waals surface area contributed by atoms with Crippen LogP contribution in [0, 0.1) is 5.92 Å². The summed E-state index contributed by atoms with van der Waals surface area (Å²) in [6, 6.07) is 6.09. The summed E-state index contributed by atoms with van der Waals surface area (Å²) in [5.41, 5.74) is 9.11. The van der Waals surface area contributed by atoms with E-state index in [4.69, 9.17) is 5.73 Å². The number of hydrogen-bond donors (Lipinski definition) is 3. The largest absolute Gasteiger partial charge is 0.324 e. The summed E-state index contributed by atoms with van der Waals surface area (Å²) < 4.78 is 0. The molecule has 1 heterocycles. The predicted octanol–water partition coefficient (Wildman–Crippen LogP) is 2.83. The molecule has 3 rings (SSSR count). The summed E-state index contributed by atoms with van der Waals surface area (Å²) >= 11 is 0. The predicted molar refractivity (Wildman–Crippen MR) is 77.0 cm³/mol. The molecule has 4 nitrogen and oxygen atoms in total. The number of rotatable bonds is 2. The van der Waals surface area contributed by atoms with Crippen LogP contribution >= 0.6 is 0 Å². The van der Waals surface area contributed by atoms with Gasteiger partial charge in [0.1, 0.15) is 0 Å². The van der Waals surface area contributed by atoms with Gasteiger partial charge in [-0.05, 0) is 36.5 Å². The zero-order valence-electron chi connectivity index (χ0n) is 11.1. The maximum absolute atomic E-state index is 11.3. The Balaban J connectivity index is 1.87. The molecule has 0 spiro atoms. The van der Waals surface area contributed by atoms with E-state index in [1.807, 2.05) is 18.2 Å². The van der Waals surface area contributed by atoms with Crippen LogP contribution in [0.5, 0.6) is 0 Å². The second kappa shape index (κ2) is 5.21. The average molecular weight is 259 g/mol. The third-order valence-electron chi connectivity index (χ3n) is 4.33. The fraction of sp³-hybridized carbons (Fsp3) is 0.533. The Morgan fingerprint density at radius 3 is 2.47 bits per heavy atom. The van der Waals surface area contributed by atoms with Crippen molar-refractivity contribution >= 4 is 11.0 Å². The van der Waals surface area contributed by atoms with Crippen molar-refractivity contribution in [2.75, 3.05) is 0 Å².